The summed E-state index contributed by atoms with van der Waals surface area (Å²) in [5, 5.41) is 1.92. The highest BCUT2D eigenvalue weighted by Crippen LogP contribution is 2.39. The van der Waals surface area contributed by atoms with E-state index in [0.29, 0.717) is 17.4 Å². The van der Waals surface area contributed by atoms with Crippen LogP contribution < -0.4 is 4.57 Å². The third kappa shape index (κ3) is 3.58. The zero-order valence-electron chi connectivity index (χ0n) is 22.3. The molecule has 6 rings (SSSR count). The largest absolute Gasteiger partial charge is 0.456 e. The Labute approximate surface area is 216 Å². The monoisotopic (exact) mass is 491 g/mol. The zero-order chi connectivity index (χ0) is 26.0. The van der Waals surface area contributed by atoms with Crippen LogP contribution in [0.15, 0.2) is 77.2 Å². The van der Waals surface area contributed by atoms with Crippen LogP contribution in [0.4, 0.5) is 4.39 Å². The molecule has 0 N–H and O–H groups in total. The SMILES string of the molecule is Cc1cc2oc3cc(F)ccc3c2cc1-c1n(-c2c(C(C)C)cccc2C(C)C)c2ccccc2[n+]1C. The van der Waals surface area contributed by atoms with Crippen molar-refractivity contribution in [3.63, 3.8) is 0 Å². The maximum atomic E-state index is 13.9. The van der Waals surface area contributed by atoms with Crippen molar-refractivity contribution in [1.29, 1.82) is 0 Å². The molecule has 0 unspecified atom stereocenters. The number of imidazole rings is 1. The van der Waals surface area contributed by atoms with Crippen LogP contribution in [-0.2, 0) is 7.05 Å². The molecule has 4 heteroatoms. The summed E-state index contributed by atoms with van der Waals surface area (Å²) in [5.74, 6) is 1.56. The van der Waals surface area contributed by atoms with Gasteiger partial charge in [-0.2, -0.15) is 4.57 Å². The van der Waals surface area contributed by atoms with E-state index in [-0.39, 0.29) is 5.82 Å². The number of hydrogen-bond acceptors (Lipinski definition) is 1. The van der Waals surface area contributed by atoms with E-state index in [1.807, 2.05) is 6.07 Å². The van der Waals surface area contributed by atoms with E-state index < -0.39 is 0 Å². The lowest BCUT2D eigenvalue weighted by Gasteiger charge is -2.18. The van der Waals surface area contributed by atoms with Gasteiger partial charge in [-0.05, 0) is 60.7 Å². The lowest BCUT2D eigenvalue weighted by Crippen LogP contribution is -2.30. The summed E-state index contributed by atoms with van der Waals surface area (Å²) in [6, 6.07) is 24.4. The molecule has 2 heterocycles. The van der Waals surface area contributed by atoms with Crippen LogP contribution in [0.3, 0.4) is 0 Å². The van der Waals surface area contributed by atoms with E-state index in [1.54, 1.807) is 0 Å². The summed E-state index contributed by atoms with van der Waals surface area (Å²) in [6.07, 6.45) is 0. The third-order valence-corrected chi connectivity index (χ3v) is 7.60. The number of aromatic nitrogens is 2. The van der Waals surface area contributed by atoms with Gasteiger partial charge in [-0.1, -0.05) is 58.0 Å². The number of rotatable bonds is 4. The number of fused-ring (bicyclic) bond motifs is 4. The second-order valence-corrected chi connectivity index (χ2v) is 10.7. The van der Waals surface area contributed by atoms with Crippen LogP contribution in [0.25, 0.3) is 50.0 Å². The Morgan fingerprint density at radius 3 is 2.16 bits per heavy atom. The molecular formula is C33H32FN2O+. The first-order chi connectivity index (χ1) is 17.8. The van der Waals surface area contributed by atoms with Crippen molar-refractivity contribution in [2.45, 2.75) is 46.5 Å². The number of furan rings is 1. The number of nitrogens with zero attached hydrogens (tertiary/aromatic N) is 2. The number of hydrogen-bond donors (Lipinski definition) is 0. The molecule has 6 aromatic rings. The number of aryl methyl sites for hydroxylation is 2. The molecule has 0 saturated heterocycles. The molecule has 0 aliphatic rings. The molecule has 3 nitrogen and oxygen atoms in total. The Morgan fingerprint density at radius 2 is 1.46 bits per heavy atom. The number of benzene rings is 4. The molecule has 0 aliphatic carbocycles. The molecule has 4 aromatic carbocycles. The van der Waals surface area contributed by atoms with E-state index in [0.717, 1.165) is 33.3 Å². The standard InChI is InChI=1S/C33H32FN2O/c1-19(2)23-10-9-11-24(20(3)4)32(23)36-29-13-8-7-12-28(29)35(6)33(36)26-18-27-25-15-14-22(34)17-31(25)37-30(27)16-21(26)5/h7-20H,1-6H3/q+1. The molecule has 0 radical (unpaired) electrons. The average Bonchev–Trinajstić information content (AvgIpc) is 3.36. The molecule has 0 fully saturated rings. The van der Waals surface area contributed by atoms with Crippen molar-refractivity contribution in [2.24, 2.45) is 7.05 Å². The van der Waals surface area contributed by atoms with Gasteiger partial charge in [0, 0.05) is 28.0 Å². The van der Waals surface area contributed by atoms with Crippen molar-refractivity contribution in [3.8, 4) is 17.1 Å². The van der Waals surface area contributed by atoms with Gasteiger partial charge in [-0.15, -0.1) is 0 Å². The predicted octanol–water partition coefficient (Wildman–Crippen LogP) is 8.72. The molecule has 186 valence electrons. The normalized spacial score (nSPS) is 12.1. The first-order valence-electron chi connectivity index (χ1n) is 13.0. The summed E-state index contributed by atoms with van der Waals surface area (Å²) in [4.78, 5) is 0. The lowest BCUT2D eigenvalue weighted by atomic mass is 9.92. The van der Waals surface area contributed by atoms with Crippen molar-refractivity contribution in [2.75, 3.05) is 0 Å². The Hall–Kier alpha value is -3.92. The van der Waals surface area contributed by atoms with Gasteiger partial charge in [0.25, 0.3) is 5.82 Å². The van der Waals surface area contributed by atoms with Crippen LogP contribution in [0.1, 0.15) is 56.2 Å². The van der Waals surface area contributed by atoms with Crippen LogP contribution in [0.2, 0.25) is 0 Å². The second kappa shape index (κ2) is 8.58. The highest BCUT2D eigenvalue weighted by molar-refractivity contribution is 6.06. The van der Waals surface area contributed by atoms with E-state index in [1.165, 1.54) is 40.0 Å². The van der Waals surface area contributed by atoms with Gasteiger partial charge in [-0.3, -0.25) is 0 Å². The Bertz CT molecular complexity index is 1790. The highest BCUT2D eigenvalue weighted by atomic mass is 19.1. The molecule has 0 amide bonds. The van der Waals surface area contributed by atoms with E-state index in [9.17, 15) is 4.39 Å². The molecule has 0 aliphatic heterocycles. The summed E-state index contributed by atoms with van der Waals surface area (Å²) in [7, 11) is 2.15. The molecule has 0 saturated carbocycles. The van der Waals surface area contributed by atoms with Gasteiger partial charge in [0.05, 0.1) is 12.6 Å². The van der Waals surface area contributed by atoms with Gasteiger partial charge in [-0.25, -0.2) is 8.96 Å². The van der Waals surface area contributed by atoms with Gasteiger partial charge in [0.1, 0.15) is 22.7 Å². The fourth-order valence-corrected chi connectivity index (χ4v) is 5.75. The van der Waals surface area contributed by atoms with Gasteiger partial charge >= 0.3 is 0 Å². The fourth-order valence-electron chi connectivity index (χ4n) is 5.75. The van der Waals surface area contributed by atoms with E-state index in [2.05, 4.69) is 105 Å². The van der Waals surface area contributed by atoms with Crippen LogP contribution in [-0.4, -0.2) is 4.57 Å². The number of para-hydroxylation sites is 3. The first-order valence-corrected chi connectivity index (χ1v) is 13.0. The highest BCUT2D eigenvalue weighted by Gasteiger charge is 2.31. The maximum Gasteiger partial charge on any atom is 0.295 e. The van der Waals surface area contributed by atoms with Crippen LogP contribution in [0, 0.1) is 12.7 Å². The minimum atomic E-state index is -0.290. The predicted molar refractivity (Wildman–Crippen MR) is 150 cm³/mol. The lowest BCUT2D eigenvalue weighted by molar-refractivity contribution is -0.633. The van der Waals surface area contributed by atoms with Crippen molar-refractivity contribution < 1.29 is 13.4 Å². The Morgan fingerprint density at radius 1 is 0.784 bits per heavy atom. The minimum absolute atomic E-state index is 0.290. The second-order valence-electron chi connectivity index (χ2n) is 10.7. The molecule has 0 bridgehead atoms. The fraction of sp³-hybridized carbons (Fsp3) is 0.242. The van der Waals surface area contributed by atoms with Gasteiger partial charge in [0.2, 0.25) is 0 Å². The Kier molecular flexibility index (Phi) is 5.45. The smallest absolute Gasteiger partial charge is 0.295 e. The Balaban J connectivity index is 1.77. The third-order valence-electron chi connectivity index (χ3n) is 7.60. The van der Waals surface area contributed by atoms with Crippen molar-refractivity contribution in [3.05, 3.63) is 95.3 Å². The molecule has 37 heavy (non-hydrogen) atoms. The van der Waals surface area contributed by atoms with Crippen LogP contribution in [0.5, 0.6) is 0 Å². The van der Waals surface area contributed by atoms with E-state index >= 15 is 0 Å². The molecule has 0 spiro atoms. The van der Waals surface area contributed by atoms with Gasteiger partial charge in [0.15, 0.2) is 11.0 Å². The van der Waals surface area contributed by atoms with E-state index in [4.69, 9.17) is 4.42 Å². The summed E-state index contributed by atoms with van der Waals surface area (Å²) in [5.41, 5.74) is 9.86. The topological polar surface area (TPSA) is 21.9 Å². The summed E-state index contributed by atoms with van der Waals surface area (Å²) < 4.78 is 24.7. The maximum absolute atomic E-state index is 13.9. The first kappa shape index (κ1) is 23.5. The molecule has 0 atom stereocenters. The van der Waals surface area contributed by atoms with Crippen molar-refractivity contribution in [1.82, 2.24) is 4.57 Å². The summed E-state index contributed by atoms with van der Waals surface area (Å²) >= 11 is 0. The quantitative estimate of drug-likeness (QED) is 0.226. The van der Waals surface area contributed by atoms with Gasteiger partial charge < -0.3 is 4.42 Å². The molecule has 2 aromatic heterocycles. The zero-order valence-corrected chi connectivity index (χ0v) is 22.3. The molecular weight excluding hydrogens is 459 g/mol. The van der Waals surface area contributed by atoms with Crippen LogP contribution >= 0.6 is 0 Å². The minimum Gasteiger partial charge on any atom is -0.456 e. The summed E-state index contributed by atoms with van der Waals surface area (Å²) in [6.45, 7) is 11.2. The number of halogens is 1. The van der Waals surface area contributed by atoms with Crippen molar-refractivity contribution >= 4 is 33.0 Å². The average molecular weight is 492 g/mol.